The molecule has 26 heavy (non-hydrogen) atoms. The molecule has 3 aromatic rings. The number of carbonyl (C=O) groups is 2. The van der Waals surface area contributed by atoms with Gasteiger partial charge in [0.05, 0.1) is 18.7 Å². The number of amides is 1. The van der Waals surface area contributed by atoms with E-state index in [1.165, 1.54) is 7.11 Å². The van der Waals surface area contributed by atoms with Gasteiger partial charge in [0.15, 0.2) is 6.61 Å². The van der Waals surface area contributed by atoms with E-state index in [2.05, 4.69) is 10.1 Å². The Kier molecular flexibility index (Phi) is 5.22. The summed E-state index contributed by atoms with van der Waals surface area (Å²) >= 11 is 0. The van der Waals surface area contributed by atoms with Crippen molar-refractivity contribution < 1.29 is 23.5 Å². The summed E-state index contributed by atoms with van der Waals surface area (Å²) in [5.74, 6) is 0.482. The number of fused-ring (bicyclic) bond motifs is 1. The monoisotopic (exact) mass is 353 g/mol. The van der Waals surface area contributed by atoms with Gasteiger partial charge in [-0.15, -0.1) is 0 Å². The summed E-state index contributed by atoms with van der Waals surface area (Å²) in [5.41, 5.74) is 1.20. The third-order valence-corrected chi connectivity index (χ3v) is 3.89. The standard InChI is InChI=1S/C20H19NO5/c1-13(18-11-15-5-3-4-6-17(15)26-18)21-19(22)12-25-16-9-7-14(8-10-16)20(23)24-2/h3-11,13H,12H2,1-2H3,(H,21,22)/t13-/m0/s1. The molecule has 1 atom stereocenters. The van der Waals surface area contributed by atoms with E-state index in [4.69, 9.17) is 9.15 Å². The van der Waals surface area contributed by atoms with E-state index in [9.17, 15) is 9.59 Å². The maximum Gasteiger partial charge on any atom is 0.337 e. The van der Waals surface area contributed by atoms with Gasteiger partial charge in [-0.2, -0.15) is 0 Å². The number of methoxy groups -OCH3 is 1. The summed E-state index contributed by atoms with van der Waals surface area (Å²) in [6.07, 6.45) is 0. The minimum atomic E-state index is -0.422. The molecule has 0 unspecified atom stereocenters. The van der Waals surface area contributed by atoms with Crippen LogP contribution in [0.2, 0.25) is 0 Å². The van der Waals surface area contributed by atoms with Gasteiger partial charge in [-0.05, 0) is 43.3 Å². The Hall–Kier alpha value is -3.28. The Labute approximate surface area is 150 Å². The average molecular weight is 353 g/mol. The van der Waals surface area contributed by atoms with E-state index in [1.54, 1.807) is 24.3 Å². The summed E-state index contributed by atoms with van der Waals surface area (Å²) in [4.78, 5) is 23.5. The molecule has 0 saturated carbocycles. The second-order valence-corrected chi connectivity index (χ2v) is 5.78. The first-order valence-electron chi connectivity index (χ1n) is 8.16. The minimum Gasteiger partial charge on any atom is -0.484 e. The fourth-order valence-electron chi connectivity index (χ4n) is 2.52. The van der Waals surface area contributed by atoms with Crippen molar-refractivity contribution >= 4 is 22.8 Å². The van der Waals surface area contributed by atoms with Crippen molar-refractivity contribution in [3.05, 3.63) is 65.9 Å². The second kappa shape index (κ2) is 7.74. The molecule has 6 heteroatoms. The van der Waals surface area contributed by atoms with E-state index in [-0.39, 0.29) is 18.6 Å². The highest BCUT2D eigenvalue weighted by Crippen LogP contribution is 2.23. The summed E-state index contributed by atoms with van der Waals surface area (Å²) in [6, 6.07) is 15.7. The molecule has 0 bridgehead atoms. The highest BCUT2D eigenvalue weighted by molar-refractivity contribution is 5.89. The maximum atomic E-state index is 12.1. The largest absolute Gasteiger partial charge is 0.484 e. The van der Waals surface area contributed by atoms with Gasteiger partial charge in [0.1, 0.15) is 17.1 Å². The van der Waals surface area contributed by atoms with Crippen molar-refractivity contribution in [2.75, 3.05) is 13.7 Å². The van der Waals surface area contributed by atoms with Gasteiger partial charge >= 0.3 is 5.97 Å². The molecule has 1 N–H and O–H groups in total. The predicted octanol–water partition coefficient (Wildman–Crippen LogP) is 3.48. The minimum absolute atomic E-state index is 0.137. The van der Waals surface area contributed by atoms with Crippen LogP contribution in [0.5, 0.6) is 5.75 Å². The normalized spacial score (nSPS) is 11.8. The number of benzene rings is 2. The van der Waals surface area contributed by atoms with Gasteiger partial charge in [-0.3, -0.25) is 4.79 Å². The van der Waals surface area contributed by atoms with Crippen LogP contribution >= 0.6 is 0 Å². The van der Waals surface area contributed by atoms with Crippen LogP contribution < -0.4 is 10.1 Å². The van der Waals surface area contributed by atoms with Crippen molar-refractivity contribution in [2.24, 2.45) is 0 Å². The first-order valence-corrected chi connectivity index (χ1v) is 8.16. The van der Waals surface area contributed by atoms with E-state index >= 15 is 0 Å². The molecule has 1 heterocycles. The average Bonchev–Trinajstić information content (AvgIpc) is 3.10. The van der Waals surface area contributed by atoms with Crippen molar-refractivity contribution in [2.45, 2.75) is 13.0 Å². The van der Waals surface area contributed by atoms with E-state index in [1.807, 2.05) is 37.3 Å². The van der Waals surface area contributed by atoms with Crippen LogP contribution in [0.1, 0.15) is 29.1 Å². The number of furan rings is 1. The zero-order chi connectivity index (χ0) is 18.5. The van der Waals surface area contributed by atoms with Gasteiger partial charge in [-0.1, -0.05) is 18.2 Å². The number of carbonyl (C=O) groups excluding carboxylic acids is 2. The number of hydrogen-bond donors (Lipinski definition) is 1. The Bertz CT molecular complexity index is 880. The molecule has 0 aliphatic carbocycles. The number of para-hydroxylation sites is 1. The summed E-state index contributed by atoms with van der Waals surface area (Å²) < 4.78 is 15.8. The second-order valence-electron chi connectivity index (χ2n) is 5.78. The molecule has 0 saturated heterocycles. The lowest BCUT2D eigenvalue weighted by atomic mass is 10.2. The predicted molar refractivity (Wildman–Crippen MR) is 96.0 cm³/mol. The zero-order valence-electron chi connectivity index (χ0n) is 14.5. The smallest absolute Gasteiger partial charge is 0.337 e. The molecule has 0 spiro atoms. The van der Waals surface area contributed by atoms with Crippen LogP contribution in [-0.4, -0.2) is 25.6 Å². The van der Waals surface area contributed by atoms with Crippen LogP contribution in [-0.2, 0) is 9.53 Å². The molecule has 1 aromatic heterocycles. The fourth-order valence-corrected chi connectivity index (χ4v) is 2.52. The SMILES string of the molecule is COC(=O)c1ccc(OCC(=O)N[C@@H](C)c2cc3ccccc3o2)cc1. The molecule has 134 valence electrons. The van der Waals surface area contributed by atoms with Crippen LogP contribution in [0.3, 0.4) is 0 Å². The van der Waals surface area contributed by atoms with E-state index in [0.29, 0.717) is 17.1 Å². The number of hydrogen-bond acceptors (Lipinski definition) is 5. The van der Waals surface area contributed by atoms with Crippen LogP contribution in [0.4, 0.5) is 0 Å². The molecule has 0 aliphatic rings. The van der Waals surface area contributed by atoms with Crippen molar-refractivity contribution in [1.82, 2.24) is 5.32 Å². The lowest BCUT2D eigenvalue weighted by molar-refractivity contribution is -0.123. The fraction of sp³-hybridized carbons (Fsp3) is 0.200. The molecule has 0 aliphatic heterocycles. The Morgan fingerprint density at radius 2 is 1.85 bits per heavy atom. The number of rotatable bonds is 6. The van der Waals surface area contributed by atoms with Gasteiger partial charge in [-0.25, -0.2) is 4.79 Å². The maximum absolute atomic E-state index is 12.1. The van der Waals surface area contributed by atoms with E-state index in [0.717, 1.165) is 11.0 Å². The molecule has 0 radical (unpaired) electrons. The third-order valence-electron chi connectivity index (χ3n) is 3.89. The van der Waals surface area contributed by atoms with Crippen molar-refractivity contribution in [3.63, 3.8) is 0 Å². The molecule has 6 nitrogen and oxygen atoms in total. The molecule has 2 aromatic carbocycles. The highest BCUT2D eigenvalue weighted by atomic mass is 16.5. The van der Waals surface area contributed by atoms with Crippen LogP contribution in [0.25, 0.3) is 11.0 Å². The number of esters is 1. The van der Waals surface area contributed by atoms with Crippen LogP contribution in [0.15, 0.2) is 59.0 Å². The topological polar surface area (TPSA) is 77.8 Å². The summed E-state index contributed by atoms with van der Waals surface area (Å²) in [7, 11) is 1.32. The highest BCUT2D eigenvalue weighted by Gasteiger charge is 2.14. The summed E-state index contributed by atoms with van der Waals surface area (Å²) in [5, 5.41) is 3.83. The quantitative estimate of drug-likeness (QED) is 0.687. The third kappa shape index (κ3) is 4.03. The van der Waals surface area contributed by atoms with Gasteiger partial charge < -0.3 is 19.2 Å². The molecule has 3 rings (SSSR count). The van der Waals surface area contributed by atoms with Gasteiger partial charge in [0, 0.05) is 5.39 Å². The Morgan fingerprint density at radius 1 is 1.12 bits per heavy atom. The zero-order valence-corrected chi connectivity index (χ0v) is 14.5. The first-order chi connectivity index (χ1) is 12.6. The lowest BCUT2D eigenvalue weighted by Gasteiger charge is -2.12. The Balaban J connectivity index is 1.54. The molecule has 1 amide bonds. The van der Waals surface area contributed by atoms with Gasteiger partial charge in [0.25, 0.3) is 5.91 Å². The molecular weight excluding hydrogens is 334 g/mol. The molecular formula is C20H19NO5. The van der Waals surface area contributed by atoms with Crippen molar-refractivity contribution in [3.8, 4) is 5.75 Å². The van der Waals surface area contributed by atoms with Crippen LogP contribution in [0, 0.1) is 0 Å². The summed E-state index contributed by atoms with van der Waals surface area (Å²) in [6.45, 7) is 1.71. The first kappa shape index (κ1) is 17.5. The molecule has 0 fully saturated rings. The van der Waals surface area contributed by atoms with Gasteiger partial charge in [0.2, 0.25) is 0 Å². The lowest BCUT2D eigenvalue weighted by Crippen LogP contribution is -2.31. The van der Waals surface area contributed by atoms with Crippen molar-refractivity contribution in [1.29, 1.82) is 0 Å². The number of nitrogens with one attached hydrogen (secondary N) is 1. The van der Waals surface area contributed by atoms with E-state index < -0.39 is 5.97 Å². The number of ether oxygens (including phenoxy) is 2. The Morgan fingerprint density at radius 3 is 2.54 bits per heavy atom.